The van der Waals surface area contributed by atoms with E-state index >= 15 is 0 Å². The van der Waals surface area contributed by atoms with Gasteiger partial charge in [0.15, 0.2) is 4.96 Å². The molecule has 0 spiro atoms. The normalized spacial score (nSPS) is 12.4. The van der Waals surface area contributed by atoms with Crippen LogP contribution in [0.1, 0.15) is 43.0 Å². The molecule has 0 radical (unpaired) electrons. The largest absolute Gasteiger partial charge is 0.396 e. The van der Waals surface area contributed by atoms with Crippen LogP contribution in [0.25, 0.3) is 4.96 Å². The van der Waals surface area contributed by atoms with Crippen molar-refractivity contribution in [1.82, 2.24) is 14.7 Å². The number of imidazole rings is 1. The van der Waals surface area contributed by atoms with Crippen LogP contribution < -0.4 is 5.32 Å². The number of hydrogen-bond donors (Lipinski definition) is 2. The summed E-state index contributed by atoms with van der Waals surface area (Å²) in [4.78, 5) is 6.97. The minimum atomic E-state index is 0.0337. The number of thiazole rings is 1. The van der Waals surface area contributed by atoms with E-state index in [4.69, 9.17) is 0 Å². The molecule has 0 amide bonds. The summed E-state index contributed by atoms with van der Waals surface area (Å²) in [5.74, 6) is 0. The van der Waals surface area contributed by atoms with Gasteiger partial charge in [-0.1, -0.05) is 13.8 Å². The van der Waals surface area contributed by atoms with Gasteiger partial charge in [-0.3, -0.25) is 4.40 Å². The standard InChI is InChI=1S/C15H25N3OS/c1-11-9-18-13(12(2)17-14(18)20-11)8-16-7-5-6-15(3,4)10-19/h9,16,19H,5-8,10H2,1-4H3. The Labute approximate surface area is 124 Å². The van der Waals surface area contributed by atoms with Gasteiger partial charge in [0, 0.05) is 24.2 Å². The summed E-state index contributed by atoms with van der Waals surface area (Å²) < 4.78 is 2.19. The van der Waals surface area contributed by atoms with Gasteiger partial charge in [0.25, 0.3) is 0 Å². The van der Waals surface area contributed by atoms with Crippen molar-refractivity contribution in [1.29, 1.82) is 0 Å². The molecule has 0 aliphatic rings. The summed E-state index contributed by atoms with van der Waals surface area (Å²) in [6.07, 6.45) is 4.28. The van der Waals surface area contributed by atoms with Crippen molar-refractivity contribution in [3.63, 3.8) is 0 Å². The second kappa shape index (κ2) is 6.24. The van der Waals surface area contributed by atoms with Crippen molar-refractivity contribution >= 4 is 16.3 Å². The van der Waals surface area contributed by atoms with Crippen molar-refractivity contribution in [3.8, 4) is 0 Å². The zero-order valence-electron chi connectivity index (χ0n) is 12.9. The van der Waals surface area contributed by atoms with Crippen LogP contribution in [-0.2, 0) is 6.54 Å². The molecule has 2 aromatic rings. The molecule has 0 fully saturated rings. The third kappa shape index (κ3) is 3.59. The maximum atomic E-state index is 9.23. The molecule has 4 nitrogen and oxygen atoms in total. The molecule has 2 N–H and O–H groups in total. The highest BCUT2D eigenvalue weighted by molar-refractivity contribution is 7.17. The molecule has 2 aromatic heterocycles. The summed E-state index contributed by atoms with van der Waals surface area (Å²) >= 11 is 1.73. The van der Waals surface area contributed by atoms with Gasteiger partial charge in [-0.2, -0.15) is 0 Å². The quantitative estimate of drug-likeness (QED) is 0.772. The molecule has 2 heterocycles. The minimum Gasteiger partial charge on any atom is -0.396 e. The average molecular weight is 295 g/mol. The number of nitrogens with one attached hydrogen (secondary N) is 1. The lowest BCUT2D eigenvalue weighted by Gasteiger charge is -2.21. The summed E-state index contributed by atoms with van der Waals surface area (Å²) in [6, 6.07) is 0. The number of aliphatic hydroxyl groups is 1. The Hall–Kier alpha value is -0.910. The lowest BCUT2D eigenvalue weighted by atomic mass is 9.89. The number of aromatic nitrogens is 2. The van der Waals surface area contributed by atoms with Gasteiger partial charge >= 0.3 is 0 Å². The minimum absolute atomic E-state index is 0.0337. The van der Waals surface area contributed by atoms with E-state index in [9.17, 15) is 5.11 Å². The van der Waals surface area contributed by atoms with Crippen molar-refractivity contribution in [3.05, 3.63) is 22.5 Å². The van der Waals surface area contributed by atoms with Crippen LogP contribution >= 0.6 is 11.3 Å². The third-order valence-electron chi connectivity index (χ3n) is 3.67. The van der Waals surface area contributed by atoms with Gasteiger partial charge < -0.3 is 10.4 Å². The molecule has 0 unspecified atom stereocenters. The third-order valence-corrected chi connectivity index (χ3v) is 4.57. The zero-order chi connectivity index (χ0) is 14.8. The number of aryl methyl sites for hydroxylation is 2. The number of aliphatic hydroxyl groups excluding tert-OH is 1. The first-order chi connectivity index (χ1) is 9.43. The van der Waals surface area contributed by atoms with Crippen LogP contribution in [0.15, 0.2) is 6.20 Å². The van der Waals surface area contributed by atoms with Crippen molar-refractivity contribution in [2.75, 3.05) is 13.2 Å². The summed E-state index contributed by atoms with van der Waals surface area (Å²) in [7, 11) is 0. The Morgan fingerprint density at radius 1 is 1.40 bits per heavy atom. The number of fused-ring (bicyclic) bond motifs is 1. The van der Waals surface area contributed by atoms with E-state index in [1.165, 1.54) is 10.6 Å². The lowest BCUT2D eigenvalue weighted by molar-refractivity contribution is 0.148. The summed E-state index contributed by atoms with van der Waals surface area (Å²) in [5, 5.41) is 12.7. The van der Waals surface area contributed by atoms with Crippen molar-refractivity contribution in [2.45, 2.75) is 47.1 Å². The van der Waals surface area contributed by atoms with Gasteiger partial charge in [0.1, 0.15) is 0 Å². The van der Waals surface area contributed by atoms with Crippen LogP contribution in [0.3, 0.4) is 0 Å². The van der Waals surface area contributed by atoms with Crippen LogP contribution in [0.5, 0.6) is 0 Å². The number of hydrogen-bond acceptors (Lipinski definition) is 4. The van der Waals surface area contributed by atoms with E-state index in [-0.39, 0.29) is 12.0 Å². The number of nitrogens with zero attached hydrogens (tertiary/aromatic N) is 2. The van der Waals surface area contributed by atoms with Gasteiger partial charge in [0.2, 0.25) is 0 Å². The SMILES string of the molecule is Cc1cn2c(CNCCCC(C)(C)CO)c(C)nc2s1. The topological polar surface area (TPSA) is 49.6 Å². The highest BCUT2D eigenvalue weighted by Crippen LogP contribution is 2.21. The summed E-state index contributed by atoms with van der Waals surface area (Å²) in [6.45, 7) is 10.5. The van der Waals surface area contributed by atoms with Crippen LogP contribution in [0, 0.1) is 19.3 Å². The molecule has 0 bridgehead atoms. The van der Waals surface area contributed by atoms with Crippen molar-refractivity contribution < 1.29 is 5.11 Å². The first-order valence-corrected chi connectivity index (χ1v) is 8.00. The molecule has 0 aliphatic carbocycles. The highest BCUT2D eigenvalue weighted by atomic mass is 32.1. The molecule has 5 heteroatoms. The molecule has 0 aromatic carbocycles. The second-order valence-corrected chi connectivity index (χ2v) is 7.45. The van der Waals surface area contributed by atoms with E-state index in [1.807, 2.05) is 0 Å². The summed E-state index contributed by atoms with van der Waals surface area (Å²) in [5.41, 5.74) is 2.40. The Kier molecular flexibility index (Phi) is 4.83. The molecule has 0 saturated carbocycles. The molecule has 0 aliphatic heterocycles. The predicted octanol–water partition coefficient (Wildman–Crippen LogP) is 2.90. The van der Waals surface area contributed by atoms with E-state index in [1.54, 1.807) is 11.3 Å². The van der Waals surface area contributed by atoms with Crippen LogP contribution in [0.4, 0.5) is 0 Å². The molecular weight excluding hydrogens is 270 g/mol. The second-order valence-electron chi connectivity index (χ2n) is 6.24. The first kappa shape index (κ1) is 15.5. The fraction of sp³-hybridized carbons (Fsp3) is 0.667. The fourth-order valence-electron chi connectivity index (χ4n) is 2.30. The van der Waals surface area contributed by atoms with E-state index in [0.29, 0.717) is 0 Å². The first-order valence-electron chi connectivity index (χ1n) is 7.18. The van der Waals surface area contributed by atoms with E-state index in [2.05, 4.69) is 48.6 Å². The van der Waals surface area contributed by atoms with Gasteiger partial charge in [-0.05, 0) is 38.6 Å². The predicted molar refractivity (Wildman–Crippen MR) is 84.4 cm³/mol. The van der Waals surface area contributed by atoms with Gasteiger partial charge in [-0.25, -0.2) is 4.98 Å². The lowest BCUT2D eigenvalue weighted by Crippen LogP contribution is -2.21. The highest BCUT2D eigenvalue weighted by Gasteiger charge is 2.15. The Balaban J connectivity index is 1.85. The smallest absolute Gasteiger partial charge is 0.194 e. The van der Waals surface area contributed by atoms with Gasteiger partial charge in [-0.15, -0.1) is 11.3 Å². The van der Waals surface area contributed by atoms with Crippen LogP contribution in [0.2, 0.25) is 0 Å². The fourth-order valence-corrected chi connectivity index (χ4v) is 3.19. The van der Waals surface area contributed by atoms with E-state index in [0.717, 1.165) is 36.6 Å². The monoisotopic (exact) mass is 295 g/mol. The molecule has 0 atom stereocenters. The zero-order valence-corrected chi connectivity index (χ0v) is 13.7. The molecule has 112 valence electrons. The van der Waals surface area contributed by atoms with Crippen LogP contribution in [-0.4, -0.2) is 27.6 Å². The maximum absolute atomic E-state index is 9.23. The van der Waals surface area contributed by atoms with Crippen molar-refractivity contribution in [2.24, 2.45) is 5.41 Å². The van der Waals surface area contributed by atoms with E-state index < -0.39 is 0 Å². The Morgan fingerprint density at radius 2 is 2.15 bits per heavy atom. The van der Waals surface area contributed by atoms with Gasteiger partial charge in [0.05, 0.1) is 11.4 Å². The average Bonchev–Trinajstić information content (AvgIpc) is 2.86. The molecular formula is C15H25N3OS. The molecule has 0 saturated heterocycles. The molecule has 20 heavy (non-hydrogen) atoms. The Morgan fingerprint density at radius 3 is 2.85 bits per heavy atom. The molecule has 2 rings (SSSR count). The number of rotatable bonds is 7. The maximum Gasteiger partial charge on any atom is 0.194 e. The Bertz CT molecular complexity index is 571.